The largest absolute Gasteiger partial charge is 0.467 e. The summed E-state index contributed by atoms with van der Waals surface area (Å²) in [6.45, 7) is 0. The Labute approximate surface area is 168 Å². The molecule has 3 aromatic rings. The minimum absolute atomic E-state index is 0.140. The number of benzene rings is 2. The van der Waals surface area contributed by atoms with Crippen LogP contribution in [0.15, 0.2) is 72.9 Å². The van der Waals surface area contributed by atoms with Crippen LogP contribution in [0.1, 0.15) is 16.1 Å². The van der Waals surface area contributed by atoms with Gasteiger partial charge in [-0.1, -0.05) is 66.2 Å². The molecule has 1 N–H and O–H groups in total. The first-order valence-electron chi connectivity index (χ1n) is 8.71. The number of nitrogens with zero attached hydrogens (tertiary/aromatic N) is 1. The van der Waals surface area contributed by atoms with Crippen LogP contribution in [0.25, 0.3) is 11.1 Å². The van der Waals surface area contributed by atoms with Gasteiger partial charge in [-0.25, -0.2) is 4.79 Å². The van der Waals surface area contributed by atoms with Crippen molar-refractivity contribution in [2.24, 2.45) is 0 Å². The number of pyridine rings is 1. The number of rotatable bonds is 6. The van der Waals surface area contributed by atoms with Crippen LogP contribution in [0.4, 0.5) is 0 Å². The molecule has 1 amide bonds. The normalized spacial score (nSPS) is 11.5. The molecular weight excluding hydrogens is 376 g/mol. The van der Waals surface area contributed by atoms with E-state index in [2.05, 4.69) is 10.3 Å². The molecule has 28 heavy (non-hydrogen) atoms. The standard InChI is InChI=1S/C22H19ClN2O3/c1-28-22(27)20(25-21(26)19-14-18(23)11-12-24-19)13-15-7-9-17(10-8-15)16-5-3-2-4-6-16/h2-12,14,20H,13H2,1H3,(H,25,26)/t20-/m0/s1. The predicted octanol–water partition coefficient (Wildman–Crippen LogP) is 3.92. The maximum Gasteiger partial charge on any atom is 0.328 e. The highest BCUT2D eigenvalue weighted by Gasteiger charge is 2.23. The van der Waals surface area contributed by atoms with Crippen LogP contribution in [0, 0.1) is 0 Å². The molecule has 6 heteroatoms. The number of aromatic nitrogens is 1. The van der Waals surface area contributed by atoms with Crippen molar-refractivity contribution in [3.63, 3.8) is 0 Å². The number of halogens is 1. The Balaban J connectivity index is 1.74. The van der Waals surface area contributed by atoms with Gasteiger partial charge < -0.3 is 10.1 Å². The van der Waals surface area contributed by atoms with Gasteiger partial charge in [-0.15, -0.1) is 0 Å². The first-order valence-corrected chi connectivity index (χ1v) is 9.09. The summed E-state index contributed by atoms with van der Waals surface area (Å²) in [7, 11) is 1.29. The lowest BCUT2D eigenvalue weighted by Gasteiger charge is -2.16. The molecule has 0 aliphatic rings. The summed E-state index contributed by atoms with van der Waals surface area (Å²) >= 11 is 5.90. The lowest BCUT2D eigenvalue weighted by molar-refractivity contribution is -0.142. The quantitative estimate of drug-likeness (QED) is 0.643. The van der Waals surface area contributed by atoms with E-state index in [1.165, 1.54) is 19.4 Å². The van der Waals surface area contributed by atoms with Gasteiger partial charge in [-0.05, 0) is 28.8 Å². The molecule has 1 atom stereocenters. The van der Waals surface area contributed by atoms with E-state index in [0.717, 1.165) is 16.7 Å². The van der Waals surface area contributed by atoms with Gasteiger partial charge in [0.2, 0.25) is 0 Å². The van der Waals surface area contributed by atoms with Crippen molar-refractivity contribution < 1.29 is 14.3 Å². The van der Waals surface area contributed by atoms with E-state index in [4.69, 9.17) is 16.3 Å². The fourth-order valence-corrected chi connectivity index (χ4v) is 2.96. The second-order valence-corrected chi connectivity index (χ2v) is 6.61. The Kier molecular flexibility index (Phi) is 6.40. The van der Waals surface area contributed by atoms with Gasteiger partial charge in [0.15, 0.2) is 0 Å². The van der Waals surface area contributed by atoms with Gasteiger partial charge in [0.1, 0.15) is 11.7 Å². The lowest BCUT2D eigenvalue weighted by atomic mass is 10.0. The Bertz CT molecular complexity index is 959. The molecule has 0 aliphatic carbocycles. The molecule has 2 aromatic carbocycles. The summed E-state index contributed by atoms with van der Waals surface area (Å²) in [6, 6.07) is 20.0. The molecule has 1 aromatic heterocycles. The van der Waals surface area contributed by atoms with Crippen molar-refractivity contribution in [3.05, 3.63) is 89.2 Å². The fraction of sp³-hybridized carbons (Fsp3) is 0.136. The molecule has 0 aliphatic heterocycles. The molecule has 0 fully saturated rings. The van der Waals surface area contributed by atoms with Gasteiger partial charge in [-0.3, -0.25) is 9.78 Å². The van der Waals surface area contributed by atoms with Crippen LogP contribution >= 0.6 is 11.6 Å². The van der Waals surface area contributed by atoms with E-state index >= 15 is 0 Å². The average molecular weight is 395 g/mol. The van der Waals surface area contributed by atoms with Crippen LogP contribution in [0.5, 0.6) is 0 Å². The number of hydrogen-bond donors (Lipinski definition) is 1. The zero-order valence-electron chi connectivity index (χ0n) is 15.3. The SMILES string of the molecule is COC(=O)[C@H](Cc1ccc(-c2ccccc2)cc1)NC(=O)c1cc(Cl)ccn1. The van der Waals surface area contributed by atoms with Crippen LogP contribution in [0.3, 0.4) is 0 Å². The van der Waals surface area contributed by atoms with E-state index in [0.29, 0.717) is 11.4 Å². The van der Waals surface area contributed by atoms with Crippen molar-refractivity contribution >= 4 is 23.5 Å². The molecule has 0 bridgehead atoms. The average Bonchev–Trinajstić information content (AvgIpc) is 2.73. The molecule has 0 unspecified atom stereocenters. The fourth-order valence-electron chi connectivity index (χ4n) is 2.80. The summed E-state index contributed by atoms with van der Waals surface area (Å²) in [4.78, 5) is 28.6. The summed E-state index contributed by atoms with van der Waals surface area (Å²) < 4.78 is 4.84. The van der Waals surface area contributed by atoms with Crippen LogP contribution in [0.2, 0.25) is 5.02 Å². The first kappa shape index (κ1) is 19.6. The number of nitrogens with one attached hydrogen (secondary N) is 1. The topological polar surface area (TPSA) is 68.3 Å². The summed E-state index contributed by atoms with van der Waals surface area (Å²) in [6.07, 6.45) is 1.74. The molecule has 0 saturated heterocycles. The number of hydrogen-bond acceptors (Lipinski definition) is 4. The summed E-state index contributed by atoms with van der Waals surface area (Å²) in [5, 5.41) is 3.07. The number of ether oxygens (including phenoxy) is 1. The highest BCUT2D eigenvalue weighted by atomic mass is 35.5. The monoisotopic (exact) mass is 394 g/mol. The Morgan fingerprint density at radius 3 is 2.36 bits per heavy atom. The van der Waals surface area contributed by atoms with Gasteiger partial charge in [0.05, 0.1) is 7.11 Å². The predicted molar refractivity (Wildman–Crippen MR) is 108 cm³/mol. The molecule has 142 valence electrons. The third-order valence-corrected chi connectivity index (χ3v) is 4.48. The van der Waals surface area contributed by atoms with E-state index in [1.54, 1.807) is 6.07 Å². The summed E-state index contributed by atoms with van der Waals surface area (Å²) in [5.41, 5.74) is 3.22. The van der Waals surface area contributed by atoms with Crippen molar-refractivity contribution in [1.29, 1.82) is 0 Å². The van der Waals surface area contributed by atoms with Gasteiger partial charge in [-0.2, -0.15) is 0 Å². The van der Waals surface area contributed by atoms with Gasteiger partial charge in [0.25, 0.3) is 5.91 Å². The molecule has 0 spiro atoms. The zero-order chi connectivity index (χ0) is 19.9. The van der Waals surface area contributed by atoms with Crippen molar-refractivity contribution in [2.75, 3.05) is 7.11 Å². The number of esters is 1. The van der Waals surface area contributed by atoms with E-state index in [-0.39, 0.29) is 5.69 Å². The zero-order valence-corrected chi connectivity index (χ0v) is 16.0. The second kappa shape index (κ2) is 9.15. The van der Waals surface area contributed by atoms with E-state index in [1.807, 2.05) is 54.6 Å². The second-order valence-electron chi connectivity index (χ2n) is 6.18. The Morgan fingerprint density at radius 1 is 1.04 bits per heavy atom. The van der Waals surface area contributed by atoms with Gasteiger partial charge in [0, 0.05) is 17.6 Å². The number of carbonyl (C=O) groups excluding carboxylic acids is 2. The molecule has 5 nitrogen and oxygen atoms in total. The Morgan fingerprint density at radius 2 is 1.71 bits per heavy atom. The first-order chi connectivity index (χ1) is 13.6. The minimum atomic E-state index is -0.833. The highest BCUT2D eigenvalue weighted by molar-refractivity contribution is 6.30. The highest BCUT2D eigenvalue weighted by Crippen LogP contribution is 2.20. The maximum absolute atomic E-state index is 12.4. The third-order valence-electron chi connectivity index (χ3n) is 4.25. The van der Waals surface area contributed by atoms with Crippen LogP contribution < -0.4 is 5.32 Å². The smallest absolute Gasteiger partial charge is 0.328 e. The van der Waals surface area contributed by atoms with Crippen molar-refractivity contribution in [2.45, 2.75) is 12.5 Å². The van der Waals surface area contributed by atoms with E-state index < -0.39 is 17.9 Å². The summed E-state index contributed by atoms with van der Waals surface area (Å²) in [5.74, 6) is -1.01. The van der Waals surface area contributed by atoms with Crippen LogP contribution in [-0.2, 0) is 16.0 Å². The van der Waals surface area contributed by atoms with Crippen molar-refractivity contribution in [1.82, 2.24) is 10.3 Å². The molecule has 0 saturated carbocycles. The van der Waals surface area contributed by atoms with Crippen LogP contribution in [-0.4, -0.2) is 30.0 Å². The number of methoxy groups -OCH3 is 1. The lowest BCUT2D eigenvalue weighted by Crippen LogP contribution is -2.43. The molecule has 1 heterocycles. The molecule has 0 radical (unpaired) electrons. The van der Waals surface area contributed by atoms with E-state index in [9.17, 15) is 9.59 Å². The number of carbonyl (C=O) groups is 2. The minimum Gasteiger partial charge on any atom is -0.467 e. The third kappa shape index (κ3) is 4.96. The molecule has 3 rings (SSSR count). The molecular formula is C22H19ClN2O3. The van der Waals surface area contributed by atoms with Gasteiger partial charge >= 0.3 is 5.97 Å². The number of amides is 1. The maximum atomic E-state index is 12.4. The van der Waals surface area contributed by atoms with Crippen molar-refractivity contribution in [3.8, 4) is 11.1 Å². The Hall–Kier alpha value is -3.18.